The van der Waals surface area contributed by atoms with Gasteiger partial charge in [-0.2, -0.15) is 0 Å². The second-order valence-electron chi connectivity index (χ2n) is 7.89. The number of benzene rings is 2. The van der Waals surface area contributed by atoms with Gasteiger partial charge in [-0.15, -0.1) is 0 Å². The summed E-state index contributed by atoms with van der Waals surface area (Å²) in [5.74, 6) is 0. The van der Waals surface area contributed by atoms with E-state index >= 15 is 0 Å². The second kappa shape index (κ2) is 10.1. The summed E-state index contributed by atoms with van der Waals surface area (Å²) in [7, 11) is 0. The van der Waals surface area contributed by atoms with Gasteiger partial charge in [-0.05, 0) is 22.8 Å². The van der Waals surface area contributed by atoms with E-state index in [9.17, 15) is 9.59 Å². The third-order valence-corrected chi connectivity index (χ3v) is 5.63. The van der Waals surface area contributed by atoms with Crippen molar-refractivity contribution >= 4 is 6.03 Å². The fourth-order valence-electron chi connectivity index (χ4n) is 3.79. The number of carbonyl (C=O) groups excluding carboxylic acids is 1. The average Bonchev–Trinajstić information content (AvgIpc) is 2.81. The molecule has 6 nitrogen and oxygen atoms in total. The lowest BCUT2D eigenvalue weighted by Gasteiger charge is -2.34. The largest absolute Gasteiger partial charge is 0.334 e. The van der Waals surface area contributed by atoms with Crippen molar-refractivity contribution in [3.05, 3.63) is 106 Å². The first-order chi connectivity index (χ1) is 15.2. The van der Waals surface area contributed by atoms with Crippen LogP contribution in [-0.4, -0.2) is 46.6 Å². The van der Waals surface area contributed by atoms with Gasteiger partial charge < -0.3 is 14.8 Å². The van der Waals surface area contributed by atoms with Gasteiger partial charge in [0.05, 0.1) is 6.54 Å². The Hall–Kier alpha value is -3.38. The van der Waals surface area contributed by atoms with Crippen molar-refractivity contribution in [1.82, 2.24) is 19.7 Å². The molecule has 0 radical (unpaired) electrons. The highest BCUT2D eigenvalue weighted by atomic mass is 16.2. The van der Waals surface area contributed by atoms with Crippen molar-refractivity contribution in [1.29, 1.82) is 0 Å². The summed E-state index contributed by atoms with van der Waals surface area (Å²) in [5, 5.41) is 3.02. The standard InChI is InChI=1S/C25H28N4O2/c30-24-8-4-5-13-29(24)20-23-11-9-21(10-12-23)18-26-25(31)28-16-14-27(15-17-28)19-22-6-2-1-3-7-22/h1-13H,14-20H2,(H,26,31). The van der Waals surface area contributed by atoms with E-state index in [0.29, 0.717) is 13.1 Å². The van der Waals surface area contributed by atoms with Crippen molar-refractivity contribution in [3.8, 4) is 0 Å². The van der Waals surface area contributed by atoms with E-state index < -0.39 is 0 Å². The number of hydrogen-bond donors (Lipinski definition) is 1. The molecule has 1 aromatic heterocycles. The Labute approximate surface area is 182 Å². The number of rotatable bonds is 6. The predicted molar refractivity (Wildman–Crippen MR) is 122 cm³/mol. The highest BCUT2D eigenvalue weighted by Gasteiger charge is 2.20. The van der Waals surface area contributed by atoms with Crippen LogP contribution in [0.3, 0.4) is 0 Å². The van der Waals surface area contributed by atoms with Crippen LogP contribution in [0.25, 0.3) is 0 Å². The van der Waals surface area contributed by atoms with E-state index in [-0.39, 0.29) is 11.6 Å². The first-order valence-electron chi connectivity index (χ1n) is 10.7. The topological polar surface area (TPSA) is 57.6 Å². The molecule has 2 heterocycles. The van der Waals surface area contributed by atoms with Crippen molar-refractivity contribution in [2.24, 2.45) is 0 Å². The lowest BCUT2D eigenvalue weighted by Crippen LogP contribution is -2.51. The highest BCUT2D eigenvalue weighted by Crippen LogP contribution is 2.09. The van der Waals surface area contributed by atoms with Gasteiger partial charge in [0.1, 0.15) is 0 Å². The fraction of sp³-hybridized carbons (Fsp3) is 0.280. The van der Waals surface area contributed by atoms with E-state index in [4.69, 9.17) is 0 Å². The number of amides is 2. The van der Waals surface area contributed by atoms with Gasteiger partial charge in [0.25, 0.3) is 5.56 Å². The van der Waals surface area contributed by atoms with Gasteiger partial charge in [0.15, 0.2) is 0 Å². The number of nitrogens with one attached hydrogen (secondary N) is 1. The van der Waals surface area contributed by atoms with Crippen molar-refractivity contribution in [3.63, 3.8) is 0 Å². The molecule has 1 saturated heterocycles. The maximum absolute atomic E-state index is 12.5. The molecule has 1 aliphatic heterocycles. The number of piperazine rings is 1. The van der Waals surface area contributed by atoms with Gasteiger partial charge in [0.2, 0.25) is 0 Å². The van der Waals surface area contributed by atoms with Gasteiger partial charge >= 0.3 is 6.03 Å². The number of nitrogens with zero attached hydrogens (tertiary/aromatic N) is 3. The van der Waals surface area contributed by atoms with E-state index in [1.807, 2.05) is 41.3 Å². The second-order valence-corrected chi connectivity index (χ2v) is 7.89. The molecule has 0 atom stereocenters. The molecule has 1 N–H and O–H groups in total. The summed E-state index contributed by atoms with van der Waals surface area (Å²) < 4.78 is 1.67. The van der Waals surface area contributed by atoms with Crippen molar-refractivity contribution in [2.45, 2.75) is 19.6 Å². The van der Waals surface area contributed by atoms with E-state index in [2.05, 4.69) is 34.5 Å². The minimum absolute atomic E-state index is 0.0114. The SMILES string of the molecule is O=C(NCc1ccc(Cn2ccccc2=O)cc1)N1CCN(Cc2ccccc2)CC1. The van der Waals surface area contributed by atoms with Crippen LogP contribution in [0, 0.1) is 0 Å². The Kier molecular flexibility index (Phi) is 6.79. The van der Waals surface area contributed by atoms with E-state index in [0.717, 1.165) is 43.9 Å². The molecule has 0 saturated carbocycles. The average molecular weight is 417 g/mol. The lowest BCUT2D eigenvalue weighted by molar-refractivity contribution is 0.135. The molecule has 4 rings (SSSR count). The minimum atomic E-state index is -0.0146. The molecule has 6 heteroatoms. The van der Waals surface area contributed by atoms with Crippen LogP contribution in [0.1, 0.15) is 16.7 Å². The molecule has 3 aromatic rings. The van der Waals surface area contributed by atoms with Gasteiger partial charge in [-0.1, -0.05) is 60.7 Å². The van der Waals surface area contributed by atoms with Crippen LogP contribution < -0.4 is 10.9 Å². The summed E-state index contributed by atoms with van der Waals surface area (Å²) in [6.45, 7) is 5.21. The molecule has 0 bridgehead atoms. The quantitative estimate of drug-likeness (QED) is 0.672. The zero-order chi connectivity index (χ0) is 21.5. The maximum atomic E-state index is 12.5. The minimum Gasteiger partial charge on any atom is -0.334 e. The van der Waals surface area contributed by atoms with Gasteiger partial charge in [-0.25, -0.2) is 4.79 Å². The Bertz CT molecular complexity index is 1040. The first kappa shape index (κ1) is 20.9. The van der Waals surface area contributed by atoms with E-state index in [1.165, 1.54) is 5.56 Å². The highest BCUT2D eigenvalue weighted by molar-refractivity contribution is 5.74. The Morgan fingerprint density at radius 3 is 2.10 bits per heavy atom. The molecular formula is C25H28N4O2. The summed E-state index contributed by atoms with van der Waals surface area (Å²) >= 11 is 0. The van der Waals surface area contributed by atoms with Crippen molar-refractivity contribution < 1.29 is 4.79 Å². The van der Waals surface area contributed by atoms with Gasteiger partial charge in [0, 0.05) is 51.5 Å². The Morgan fingerprint density at radius 2 is 1.39 bits per heavy atom. The number of carbonyl (C=O) groups is 1. The molecule has 1 fully saturated rings. The monoisotopic (exact) mass is 416 g/mol. The normalized spacial score (nSPS) is 14.4. The van der Waals surface area contributed by atoms with Crippen LogP contribution >= 0.6 is 0 Å². The molecule has 2 amide bonds. The van der Waals surface area contributed by atoms with Crippen LogP contribution in [0.4, 0.5) is 4.79 Å². The van der Waals surface area contributed by atoms with Crippen LogP contribution in [-0.2, 0) is 19.6 Å². The molecule has 1 aliphatic rings. The van der Waals surface area contributed by atoms with Crippen LogP contribution in [0.15, 0.2) is 83.8 Å². The number of hydrogen-bond acceptors (Lipinski definition) is 3. The van der Waals surface area contributed by atoms with Gasteiger partial charge in [-0.3, -0.25) is 9.69 Å². The number of aromatic nitrogens is 1. The third-order valence-electron chi connectivity index (χ3n) is 5.63. The maximum Gasteiger partial charge on any atom is 0.317 e. The predicted octanol–water partition coefficient (Wildman–Crippen LogP) is 2.92. The zero-order valence-electron chi connectivity index (χ0n) is 17.6. The molecule has 160 valence electrons. The Morgan fingerprint density at radius 1 is 0.742 bits per heavy atom. The number of urea groups is 1. The first-order valence-corrected chi connectivity index (χ1v) is 10.7. The molecular weight excluding hydrogens is 388 g/mol. The summed E-state index contributed by atoms with van der Waals surface area (Å²) in [6, 6.07) is 23.6. The Balaban J connectivity index is 1.22. The molecule has 0 spiro atoms. The lowest BCUT2D eigenvalue weighted by atomic mass is 10.1. The summed E-state index contributed by atoms with van der Waals surface area (Å²) in [4.78, 5) is 28.6. The van der Waals surface area contributed by atoms with Crippen LogP contribution in [0.5, 0.6) is 0 Å². The van der Waals surface area contributed by atoms with Crippen LogP contribution in [0.2, 0.25) is 0 Å². The smallest absolute Gasteiger partial charge is 0.317 e. The molecule has 0 unspecified atom stereocenters. The molecule has 31 heavy (non-hydrogen) atoms. The summed E-state index contributed by atoms with van der Waals surface area (Å²) in [5.41, 5.74) is 3.39. The molecule has 0 aliphatic carbocycles. The number of pyridine rings is 1. The zero-order valence-corrected chi connectivity index (χ0v) is 17.6. The summed E-state index contributed by atoms with van der Waals surface area (Å²) in [6.07, 6.45) is 1.79. The van der Waals surface area contributed by atoms with Crippen molar-refractivity contribution in [2.75, 3.05) is 26.2 Å². The third kappa shape index (κ3) is 5.83. The fourth-order valence-corrected chi connectivity index (χ4v) is 3.79. The molecule has 2 aromatic carbocycles. The van der Waals surface area contributed by atoms with E-state index in [1.54, 1.807) is 22.9 Å².